The molecular formula is C24H26F3N5O6. The van der Waals surface area contributed by atoms with Crippen LogP contribution in [0.1, 0.15) is 36.3 Å². The molecule has 2 aliphatic rings. The Morgan fingerprint density at radius 3 is 2.63 bits per heavy atom. The minimum absolute atomic E-state index is 0.00544. The number of piperidine rings is 1. The third-order valence-electron chi connectivity index (χ3n) is 6.99. The molecule has 2 saturated heterocycles. The number of halogens is 3. The number of methoxy groups -OCH3 is 1. The molecule has 4 heterocycles. The summed E-state index contributed by atoms with van der Waals surface area (Å²) in [5, 5.41) is 35.7. The van der Waals surface area contributed by atoms with Crippen molar-refractivity contribution in [3.05, 3.63) is 53.3 Å². The molecule has 14 heteroatoms. The average molecular weight is 537 g/mol. The van der Waals surface area contributed by atoms with Gasteiger partial charge in [-0.1, -0.05) is 10.4 Å². The predicted octanol–water partition coefficient (Wildman–Crippen LogP) is 1.26. The van der Waals surface area contributed by atoms with Crippen LogP contribution < -0.4 is 5.32 Å². The van der Waals surface area contributed by atoms with Crippen molar-refractivity contribution in [3.8, 4) is 11.3 Å². The number of ether oxygens (including phenoxy) is 2. The predicted molar refractivity (Wildman–Crippen MR) is 122 cm³/mol. The summed E-state index contributed by atoms with van der Waals surface area (Å²) < 4.78 is 59.3. The fraction of sp³-hybridized carbons (Fsp3) is 0.500. The third-order valence-corrected chi connectivity index (χ3v) is 6.99. The lowest BCUT2D eigenvalue weighted by atomic mass is 9.90. The number of hydrogen-bond acceptors (Lipinski definition) is 9. The van der Waals surface area contributed by atoms with Crippen LogP contribution in [0.3, 0.4) is 0 Å². The van der Waals surface area contributed by atoms with Crippen LogP contribution >= 0.6 is 0 Å². The number of aliphatic hydroxyl groups excluding tert-OH is 2. The molecule has 2 aliphatic heterocycles. The molecule has 2 aromatic heterocycles. The van der Waals surface area contributed by atoms with Crippen LogP contribution in [-0.4, -0.2) is 80.9 Å². The molecule has 0 aliphatic carbocycles. The number of carbonyl (C=O) groups is 1. The van der Waals surface area contributed by atoms with Gasteiger partial charge in [0.15, 0.2) is 17.5 Å². The minimum Gasteiger partial charge on any atom is -0.394 e. The van der Waals surface area contributed by atoms with Crippen LogP contribution in [0.15, 0.2) is 28.9 Å². The summed E-state index contributed by atoms with van der Waals surface area (Å²) in [5.74, 6) is -3.86. The van der Waals surface area contributed by atoms with Gasteiger partial charge in [0.05, 0.1) is 24.6 Å². The number of benzene rings is 1. The quantitative estimate of drug-likeness (QED) is 0.380. The lowest BCUT2D eigenvalue weighted by molar-refractivity contribution is -0.212. The van der Waals surface area contributed by atoms with Crippen LogP contribution in [-0.2, 0) is 20.7 Å². The van der Waals surface area contributed by atoms with Crippen molar-refractivity contribution in [3.63, 3.8) is 0 Å². The maximum absolute atomic E-state index is 13.8. The highest BCUT2D eigenvalue weighted by Gasteiger charge is 2.47. The second-order valence-electron chi connectivity index (χ2n) is 9.38. The molecule has 0 radical (unpaired) electrons. The van der Waals surface area contributed by atoms with Gasteiger partial charge < -0.3 is 29.5 Å². The molecule has 0 bridgehead atoms. The standard InChI is InChI=1S/C24H26F3N5O6/c1-36-24-18(7-13-6-16(30-38-13)11-2-3-20(34)28-8-11)37-19(10-33)23(35)22(24)32-9-17(29-31-32)12-4-14(25)21(27)15(26)5-12/h4-6,9,11,18-19,22-24,33,35H,2-3,7-8,10H2,1H3,(H,28,34)/t11-,18-,19-,22+,23+,24+/m1/s1. The SMILES string of the molecule is CO[C@@H]1[C@@H](n2cc(-c3cc(F)c(F)c(F)c3)nn2)[C@@H](O)[C@@H](CO)O[C@@H]1Cc1cc([C@@H]2CCC(=O)NC2)no1. The van der Waals surface area contributed by atoms with Crippen LogP contribution in [0.25, 0.3) is 11.3 Å². The molecule has 38 heavy (non-hydrogen) atoms. The zero-order chi connectivity index (χ0) is 27.0. The molecule has 1 amide bonds. The number of carbonyl (C=O) groups excluding carboxylic acids is 1. The average Bonchev–Trinajstić information content (AvgIpc) is 3.58. The Labute approximate surface area is 214 Å². The van der Waals surface area contributed by atoms with E-state index in [0.717, 1.165) is 12.1 Å². The van der Waals surface area contributed by atoms with Crippen LogP contribution in [0.2, 0.25) is 0 Å². The maximum Gasteiger partial charge on any atom is 0.220 e. The van der Waals surface area contributed by atoms with Gasteiger partial charge in [0.2, 0.25) is 5.91 Å². The van der Waals surface area contributed by atoms with Crippen molar-refractivity contribution >= 4 is 5.91 Å². The summed E-state index contributed by atoms with van der Waals surface area (Å²) in [6.45, 7) is -0.0489. The monoisotopic (exact) mass is 537 g/mol. The molecule has 204 valence electrons. The molecule has 1 aromatic carbocycles. The van der Waals surface area contributed by atoms with Gasteiger partial charge in [0.25, 0.3) is 0 Å². The van der Waals surface area contributed by atoms with Crippen LogP contribution in [0.4, 0.5) is 13.2 Å². The molecule has 5 rings (SSSR count). The first kappa shape index (κ1) is 26.3. The number of nitrogens with one attached hydrogen (secondary N) is 1. The molecular weight excluding hydrogens is 511 g/mol. The number of hydrogen-bond donors (Lipinski definition) is 3. The Kier molecular flexibility index (Phi) is 7.47. The molecule has 11 nitrogen and oxygen atoms in total. The molecule has 0 saturated carbocycles. The van der Waals surface area contributed by atoms with Crippen molar-refractivity contribution in [1.29, 1.82) is 0 Å². The molecule has 6 atom stereocenters. The van der Waals surface area contributed by atoms with E-state index in [-0.39, 0.29) is 29.5 Å². The van der Waals surface area contributed by atoms with Crippen molar-refractivity contribution in [2.45, 2.75) is 55.6 Å². The van der Waals surface area contributed by atoms with Gasteiger partial charge >= 0.3 is 0 Å². The number of aliphatic hydroxyl groups is 2. The Morgan fingerprint density at radius 2 is 1.97 bits per heavy atom. The van der Waals surface area contributed by atoms with E-state index >= 15 is 0 Å². The van der Waals surface area contributed by atoms with Crippen LogP contribution in [0, 0.1) is 17.5 Å². The van der Waals surface area contributed by atoms with Gasteiger partial charge in [0.1, 0.15) is 35.8 Å². The van der Waals surface area contributed by atoms with Crippen LogP contribution in [0.5, 0.6) is 0 Å². The third kappa shape index (κ3) is 5.04. The maximum atomic E-state index is 13.8. The normalized spacial score (nSPS) is 27.9. The summed E-state index contributed by atoms with van der Waals surface area (Å²) in [7, 11) is 1.42. The second kappa shape index (κ2) is 10.8. The highest BCUT2D eigenvalue weighted by Crippen LogP contribution is 2.35. The molecule has 3 aromatic rings. The fourth-order valence-electron chi connectivity index (χ4n) is 4.99. The Hall–Kier alpha value is -3.33. The van der Waals surface area contributed by atoms with Crippen molar-refractivity contribution in [1.82, 2.24) is 25.5 Å². The summed E-state index contributed by atoms with van der Waals surface area (Å²) in [5.41, 5.74) is 0.680. The van der Waals surface area contributed by atoms with E-state index in [9.17, 15) is 28.2 Å². The minimum atomic E-state index is -1.60. The summed E-state index contributed by atoms with van der Waals surface area (Å²) in [4.78, 5) is 11.4. The molecule has 0 unspecified atom stereocenters. The lowest BCUT2D eigenvalue weighted by Gasteiger charge is -2.43. The van der Waals surface area contributed by atoms with Gasteiger partial charge in [-0.05, 0) is 18.6 Å². The van der Waals surface area contributed by atoms with Gasteiger partial charge in [-0.3, -0.25) is 4.79 Å². The van der Waals surface area contributed by atoms with E-state index in [1.54, 1.807) is 6.07 Å². The van der Waals surface area contributed by atoms with E-state index in [0.29, 0.717) is 30.8 Å². The highest BCUT2D eigenvalue weighted by atomic mass is 19.2. The van der Waals surface area contributed by atoms with E-state index in [1.165, 1.54) is 18.0 Å². The zero-order valence-electron chi connectivity index (χ0n) is 20.3. The highest BCUT2D eigenvalue weighted by molar-refractivity contribution is 5.76. The Bertz CT molecular complexity index is 1270. The number of amides is 1. The van der Waals surface area contributed by atoms with Gasteiger partial charge in [-0.25, -0.2) is 17.9 Å². The largest absolute Gasteiger partial charge is 0.394 e. The first-order chi connectivity index (χ1) is 18.3. The fourth-order valence-corrected chi connectivity index (χ4v) is 4.99. The van der Waals surface area contributed by atoms with Crippen molar-refractivity contribution in [2.75, 3.05) is 20.3 Å². The number of nitrogens with zero attached hydrogens (tertiary/aromatic N) is 4. The molecule has 0 spiro atoms. The Balaban J connectivity index is 1.39. The first-order valence-electron chi connectivity index (χ1n) is 12.0. The first-order valence-corrected chi connectivity index (χ1v) is 12.0. The Morgan fingerprint density at radius 1 is 1.21 bits per heavy atom. The van der Waals surface area contributed by atoms with Gasteiger partial charge in [-0.15, -0.1) is 5.10 Å². The van der Waals surface area contributed by atoms with Crippen molar-refractivity contribution < 1.29 is 42.2 Å². The summed E-state index contributed by atoms with van der Waals surface area (Å²) in [6, 6.07) is 2.44. The topological polar surface area (TPSA) is 145 Å². The summed E-state index contributed by atoms with van der Waals surface area (Å²) >= 11 is 0. The molecule has 2 fully saturated rings. The summed E-state index contributed by atoms with van der Waals surface area (Å²) in [6.07, 6.45) is -1.26. The second-order valence-corrected chi connectivity index (χ2v) is 9.38. The van der Waals surface area contributed by atoms with E-state index in [4.69, 9.17) is 14.0 Å². The molecule has 3 N–H and O–H groups in total. The van der Waals surface area contributed by atoms with E-state index in [1.807, 2.05) is 0 Å². The van der Waals surface area contributed by atoms with E-state index in [2.05, 4.69) is 20.8 Å². The number of aromatic nitrogens is 4. The lowest BCUT2D eigenvalue weighted by Crippen LogP contribution is -2.57. The smallest absolute Gasteiger partial charge is 0.220 e. The zero-order valence-corrected chi connectivity index (χ0v) is 20.3. The van der Waals surface area contributed by atoms with Gasteiger partial charge in [0, 0.05) is 44.0 Å². The number of rotatable bonds is 7. The van der Waals surface area contributed by atoms with Crippen molar-refractivity contribution in [2.24, 2.45) is 0 Å². The van der Waals surface area contributed by atoms with Gasteiger partial charge in [-0.2, -0.15) is 0 Å². The van der Waals surface area contributed by atoms with E-state index < -0.39 is 54.5 Å².